The predicted octanol–water partition coefficient (Wildman–Crippen LogP) is 2.70. The zero-order valence-electron chi connectivity index (χ0n) is 18.6. The van der Waals surface area contributed by atoms with Crippen molar-refractivity contribution in [2.75, 3.05) is 25.6 Å². The first-order valence-electron chi connectivity index (χ1n) is 10.7. The van der Waals surface area contributed by atoms with Crippen molar-refractivity contribution >= 4 is 23.5 Å². The van der Waals surface area contributed by atoms with Crippen molar-refractivity contribution in [1.82, 2.24) is 4.90 Å². The number of amides is 1. The molecule has 8 nitrogen and oxygen atoms in total. The fourth-order valence-electron chi connectivity index (χ4n) is 5.08. The van der Waals surface area contributed by atoms with Crippen molar-refractivity contribution in [1.29, 1.82) is 0 Å². The molecule has 182 valence electrons. The van der Waals surface area contributed by atoms with Crippen LogP contribution in [0.2, 0.25) is 0 Å². The lowest BCUT2D eigenvalue weighted by molar-refractivity contribution is -0.160. The molecule has 0 aliphatic carbocycles. The second-order valence-corrected chi connectivity index (χ2v) is 7.99. The summed E-state index contributed by atoms with van der Waals surface area (Å²) in [7, 11) is 1.40. The Morgan fingerprint density at radius 2 is 1.82 bits per heavy atom. The minimum absolute atomic E-state index is 0.0274. The van der Waals surface area contributed by atoms with E-state index in [0.717, 1.165) is 18.4 Å². The van der Waals surface area contributed by atoms with E-state index in [2.05, 4.69) is 5.32 Å². The summed E-state index contributed by atoms with van der Waals surface area (Å²) in [6, 6.07) is 1.88. The van der Waals surface area contributed by atoms with Crippen molar-refractivity contribution in [2.45, 2.75) is 37.5 Å². The van der Waals surface area contributed by atoms with Crippen LogP contribution in [0.5, 0.6) is 5.75 Å². The van der Waals surface area contributed by atoms with Gasteiger partial charge in [-0.25, -0.2) is 4.79 Å². The van der Waals surface area contributed by atoms with Gasteiger partial charge >= 0.3 is 18.1 Å². The molecule has 1 unspecified atom stereocenters. The largest absolute Gasteiger partial charge is 0.497 e. The maximum Gasteiger partial charge on any atom is 0.416 e. The molecule has 0 saturated carbocycles. The number of alkyl halides is 3. The summed E-state index contributed by atoms with van der Waals surface area (Å²) in [4.78, 5) is 41.3. The van der Waals surface area contributed by atoms with Crippen LogP contribution in [0.4, 0.5) is 18.9 Å². The lowest BCUT2D eigenvalue weighted by atomic mass is 9.66. The molecule has 1 aromatic carbocycles. The van der Waals surface area contributed by atoms with E-state index >= 15 is 0 Å². The standard InChI is InChI=1S/C23H23F3N2O6/c1-4-33-19(29)17-18(20(30)34-5-2)28-9-8-12(23(24,25)26)10-16(28)22(17)14-11-13(32-3)6-7-15(14)27-21(22)31/h6-11,16-18H,4-5H2,1-3H3,(H,27,31)/t16?,17-,18-,22-/m1/s1. The van der Waals surface area contributed by atoms with Crippen molar-refractivity contribution in [2.24, 2.45) is 5.92 Å². The average molecular weight is 480 g/mol. The molecule has 4 atom stereocenters. The Bertz CT molecular complexity index is 1100. The fourth-order valence-corrected chi connectivity index (χ4v) is 5.08. The quantitative estimate of drug-likeness (QED) is 0.648. The molecular formula is C23H23F3N2O6. The normalized spacial score (nSPS) is 27.1. The SMILES string of the molecule is CCOC(=O)[C@H]1[C@H](C(=O)OCC)[C@]2(C(=O)Nc3ccc(OC)cc32)C2C=C(C(F)(F)F)C=CN21. The van der Waals surface area contributed by atoms with Crippen LogP contribution in [-0.2, 0) is 29.3 Å². The molecule has 1 fully saturated rings. The van der Waals surface area contributed by atoms with Crippen LogP contribution in [-0.4, -0.2) is 61.3 Å². The number of rotatable bonds is 5. The number of carbonyl (C=O) groups excluding carboxylic acids is 3. The molecule has 1 N–H and O–H groups in total. The molecule has 3 heterocycles. The van der Waals surface area contributed by atoms with Crippen LogP contribution < -0.4 is 10.1 Å². The van der Waals surface area contributed by atoms with Crippen molar-refractivity contribution in [3.8, 4) is 5.75 Å². The Kier molecular flexibility index (Phi) is 5.82. The number of nitrogens with zero attached hydrogens (tertiary/aromatic N) is 1. The molecule has 1 aromatic rings. The second-order valence-electron chi connectivity index (χ2n) is 7.99. The van der Waals surface area contributed by atoms with Crippen LogP contribution in [0.15, 0.2) is 42.1 Å². The van der Waals surface area contributed by atoms with E-state index in [1.165, 1.54) is 24.1 Å². The topological polar surface area (TPSA) is 94.2 Å². The Hall–Kier alpha value is -3.50. The number of allylic oxidation sites excluding steroid dienone is 2. The third-order valence-electron chi connectivity index (χ3n) is 6.37. The van der Waals surface area contributed by atoms with Gasteiger partial charge in [-0.3, -0.25) is 9.59 Å². The van der Waals surface area contributed by atoms with Gasteiger partial charge in [-0.2, -0.15) is 13.2 Å². The van der Waals surface area contributed by atoms with Crippen LogP contribution >= 0.6 is 0 Å². The molecule has 4 rings (SSSR count). The van der Waals surface area contributed by atoms with Crippen molar-refractivity contribution in [3.05, 3.63) is 47.7 Å². The third-order valence-corrected chi connectivity index (χ3v) is 6.37. The molecule has 1 amide bonds. The van der Waals surface area contributed by atoms with Gasteiger partial charge in [-0.1, -0.05) is 0 Å². The lowest BCUT2D eigenvalue weighted by Crippen LogP contribution is -2.51. The predicted molar refractivity (Wildman–Crippen MR) is 113 cm³/mol. The molecule has 3 aliphatic heterocycles. The molecule has 0 radical (unpaired) electrons. The third kappa shape index (κ3) is 3.33. The van der Waals surface area contributed by atoms with Crippen molar-refractivity contribution in [3.63, 3.8) is 0 Å². The maximum absolute atomic E-state index is 13.7. The van der Waals surface area contributed by atoms with Gasteiger partial charge in [-0.05, 0) is 49.8 Å². The first-order valence-corrected chi connectivity index (χ1v) is 10.7. The van der Waals surface area contributed by atoms with Gasteiger partial charge in [0.2, 0.25) is 5.91 Å². The van der Waals surface area contributed by atoms with Gasteiger partial charge in [0, 0.05) is 11.9 Å². The highest BCUT2D eigenvalue weighted by atomic mass is 19.4. The summed E-state index contributed by atoms with van der Waals surface area (Å²) in [6.45, 7) is 3.03. The van der Waals surface area contributed by atoms with Gasteiger partial charge in [0.1, 0.15) is 23.1 Å². The second kappa shape index (κ2) is 8.37. The van der Waals surface area contributed by atoms with Crippen molar-refractivity contribution < 1.29 is 41.8 Å². The molecule has 1 saturated heterocycles. The van der Waals surface area contributed by atoms with E-state index in [9.17, 15) is 27.6 Å². The number of anilines is 1. The van der Waals surface area contributed by atoms with Crippen LogP contribution in [0, 0.1) is 5.92 Å². The fraction of sp³-hybridized carbons (Fsp3) is 0.435. The van der Waals surface area contributed by atoms with Gasteiger partial charge in [-0.15, -0.1) is 0 Å². The van der Waals surface area contributed by atoms with E-state index in [4.69, 9.17) is 14.2 Å². The molecular weight excluding hydrogens is 457 g/mol. The number of ether oxygens (including phenoxy) is 3. The summed E-state index contributed by atoms with van der Waals surface area (Å²) < 4.78 is 56.8. The smallest absolute Gasteiger partial charge is 0.416 e. The van der Waals surface area contributed by atoms with E-state index in [1.807, 2.05) is 0 Å². The van der Waals surface area contributed by atoms with E-state index in [0.29, 0.717) is 11.4 Å². The summed E-state index contributed by atoms with van der Waals surface area (Å²) in [5, 5.41) is 2.67. The Balaban J connectivity index is 2.03. The molecule has 0 bridgehead atoms. The number of hydrogen-bond donors (Lipinski definition) is 1. The van der Waals surface area contributed by atoms with Crippen LogP contribution in [0.25, 0.3) is 0 Å². The van der Waals surface area contributed by atoms with Gasteiger partial charge in [0.15, 0.2) is 0 Å². The van der Waals surface area contributed by atoms with E-state index < -0.39 is 53.0 Å². The number of carbonyl (C=O) groups is 3. The summed E-state index contributed by atoms with van der Waals surface area (Å²) >= 11 is 0. The van der Waals surface area contributed by atoms with E-state index in [-0.39, 0.29) is 18.8 Å². The summed E-state index contributed by atoms with van der Waals surface area (Å²) in [5.74, 6) is -3.62. The zero-order chi connectivity index (χ0) is 24.8. The summed E-state index contributed by atoms with van der Waals surface area (Å²) in [6.07, 6.45) is -1.94. The summed E-state index contributed by atoms with van der Waals surface area (Å²) in [5.41, 5.74) is -2.36. The molecule has 34 heavy (non-hydrogen) atoms. The zero-order valence-corrected chi connectivity index (χ0v) is 18.6. The minimum Gasteiger partial charge on any atom is -0.497 e. The van der Waals surface area contributed by atoms with Crippen LogP contribution in [0.1, 0.15) is 19.4 Å². The molecule has 1 spiro atoms. The Labute approximate surface area is 193 Å². The monoisotopic (exact) mass is 480 g/mol. The highest BCUT2D eigenvalue weighted by Gasteiger charge is 2.71. The average Bonchev–Trinajstić information content (AvgIpc) is 3.26. The number of nitrogens with one attached hydrogen (secondary N) is 1. The number of halogens is 3. The Morgan fingerprint density at radius 1 is 1.15 bits per heavy atom. The Morgan fingerprint density at radius 3 is 2.44 bits per heavy atom. The van der Waals surface area contributed by atoms with Gasteiger partial charge < -0.3 is 24.4 Å². The highest BCUT2D eigenvalue weighted by molar-refractivity contribution is 6.11. The van der Waals surface area contributed by atoms with E-state index in [1.54, 1.807) is 19.9 Å². The van der Waals surface area contributed by atoms with Crippen LogP contribution in [0.3, 0.4) is 0 Å². The highest BCUT2D eigenvalue weighted by Crippen LogP contribution is 2.57. The maximum atomic E-state index is 13.7. The number of methoxy groups -OCH3 is 1. The number of hydrogen-bond acceptors (Lipinski definition) is 7. The van der Waals surface area contributed by atoms with Gasteiger partial charge in [0.25, 0.3) is 0 Å². The molecule has 3 aliphatic rings. The molecule has 11 heteroatoms. The first-order chi connectivity index (χ1) is 16.1. The molecule has 0 aromatic heterocycles. The number of benzene rings is 1. The first kappa shape index (κ1) is 23.7. The minimum atomic E-state index is -4.71. The number of fused-ring (bicyclic) bond motifs is 4. The lowest BCUT2D eigenvalue weighted by Gasteiger charge is -2.35. The van der Waals surface area contributed by atoms with Gasteiger partial charge in [0.05, 0.1) is 31.9 Å². The number of esters is 2.